The third kappa shape index (κ3) is 5.27. The van der Waals surface area contributed by atoms with E-state index in [2.05, 4.69) is 5.32 Å². The summed E-state index contributed by atoms with van der Waals surface area (Å²) in [6.07, 6.45) is -3.82. The number of aliphatic hydroxyl groups is 1. The van der Waals surface area contributed by atoms with Crippen LogP contribution in [0.2, 0.25) is 0 Å². The van der Waals surface area contributed by atoms with Gasteiger partial charge < -0.3 is 24.8 Å². The number of nitrogens with one attached hydrogen (secondary N) is 1. The Morgan fingerprint density at radius 2 is 2.19 bits per heavy atom. The maximum atomic E-state index is 14.6. The number of hydrogen-bond donors (Lipinski definition) is 2. The molecule has 0 aromatic heterocycles. The second kappa shape index (κ2) is 9.30. The molecule has 0 bridgehead atoms. The molecule has 1 aliphatic rings. The van der Waals surface area contributed by atoms with Crippen molar-refractivity contribution in [2.24, 2.45) is 0 Å². The number of carbonyl (C=O) groups excluding carboxylic acids is 1. The van der Waals surface area contributed by atoms with Crippen LogP contribution in [-0.4, -0.2) is 61.6 Å². The molecule has 1 aliphatic heterocycles. The van der Waals surface area contributed by atoms with Gasteiger partial charge in [0.15, 0.2) is 12.2 Å². The fourth-order valence-corrected chi connectivity index (χ4v) is 2.68. The van der Waals surface area contributed by atoms with Crippen LogP contribution in [-0.2, 0) is 9.47 Å². The number of amides is 1. The first-order valence-electron chi connectivity index (χ1n) is 8.28. The second-order valence-corrected chi connectivity index (χ2v) is 5.75. The summed E-state index contributed by atoms with van der Waals surface area (Å²) in [6.45, 7) is 3.17. The van der Waals surface area contributed by atoms with Crippen LogP contribution < -0.4 is 10.2 Å². The van der Waals surface area contributed by atoms with Gasteiger partial charge in [0.1, 0.15) is 5.82 Å². The molecule has 1 aromatic carbocycles. The lowest BCUT2D eigenvalue weighted by atomic mass is 10.0. The molecule has 2 N–H and O–H groups in total. The summed E-state index contributed by atoms with van der Waals surface area (Å²) >= 11 is 0. The van der Waals surface area contributed by atoms with E-state index in [1.807, 2.05) is 4.90 Å². The van der Waals surface area contributed by atoms with Crippen LogP contribution in [0, 0.1) is 15.9 Å². The third-order valence-electron chi connectivity index (χ3n) is 3.89. The summed E-state index contributed by atoms with van der Waals surface area (Å²) in [5.41, 5.74) is 0.498. The van der Waals surface area contributed by atoms with E-state index in [1.165, 1.54) is 12.1 Å². The summed E-state index contributed by atoms with van der Waals surface area (Å²) in [5, 5.41) is 23.1. The molecule has 1 heterocycles. The average Bonchev–Trinajstić information content (AvgIpc) is 2.60. The van der Waals surface area contributed by atoms with Crippen LogP contribution in [0.15, 0.2) is 18.2 Å². The minimum absolute atomic E-state index is 0.139. The van der Waals surface area contributed by atoms with Crippen molar-refractivity contribution < 1.29 is 28.7 Å². The Balaban J connectivity index is 2.23. The summed E-state index contributed by atoms with van der Waals surface area (Å²) in [5.74, 6) is -0.567. The molecule has 2 rings (SSSR count). The Hall–Kier alpha value is -2.46. The highest BCUT2D eigenvalue weighted by Crippen LogP contribution is 2.28. The normalized spacial score (nSPS) is 16.7. The van der Waals surface area contributed by atoms with Crippen molar-refractivity contribution in [2.45, 2.75) is 19.1 Å². The lowest BCUT2D eigenvalue weighted by molar-refractivity contribution is -0.493. The van der Waals surface area contributed by atoms with Gasteiger partial charge in [-0.25, -0.2) is 9.18 Å². The molecule has 1 amide bonds. The third-order valence-corrected chi connectivity index (χ3v) is 3.89. The maximum absolute atomic E-state index is 14.6. The molecule has 1 fully saturated rings. The molecule has 1 saturated heterocycles. The molecule has 0 spiro atoms. The van der Waals surface area contributed by atoms with Gasteiger partial charge in [0.25, 0.3) is 0 Å². The first-order valence-corrected chi connectivity index (χ1v) is 8.28. The Bertz CT molecular complexity index is 638. The predicted molar refractivity (Wildman–Crippen MR) is 90.2 cm³/mol. The Morgan fingerprint density at radius 1 is 1.50 bits per heavy atom. The number of nitrogens with zero attached hydrogens (tertiary/aromatic N) is 2. The Morgan fingerprint density at radius 3 is 2.77 bits per heavy atom. The lowest BCUT2D eigenvalue weighted by Gasteiger charge is -2.29. The number of ether oxygens (including phenoxy) is 2. The zero-order valence-corrected chi connectivity index (χ0v) is 14.4. The van der Waals surface area contributed by atoms with Gasteiger partial charge in [-0.15, -0.1) is 0 Å². The van der Waals surface area contributed by atoms with Gasteiger partial charge in [0, 0.05) is 24.6 Å². The van der Waals surface area contributed by atoms with Gasteiger partial charge in [-0.3, -0.25) is 10.1 Å². The van der Waals surface area contributed by atoms with Crippen LogP contribution in [0.4, 0.5) is 14.9 Å². The Kier molecular flexibility index (Phi) is 7.10. The SMILES string of the molecule is CCNC(=O)O[C@@H](c1ccc(N2CCOCC2)c(F)c1)[C@@H](O)C[N+](=O)[O-]. The number of benzene rings is 1. The lowest BCUT2D eigenvalue weighted by Crippen LogP contribution is -2.37. The number of anilines is 1. The fraction of sp³-hybridized carbons (Fsp3) is 0.562. The van der Waals surface area contributed by atoms with Crippen molar-refractivity contribution in [1.82, 2.24) is 5.32 Å². The number of alkyl carbamates (subject to hydrolysis) is 1. The summed E-state index contributed by atoms with van der Waals surface area (Å²) in [4.78, 5) is 23.5. The van der Waals surface area contributed by atoms with Gasteiger partial charge in [-0.2, -0.15) is 0 Å². The van der Waals surface area contributed by atoms with Gasteiger partial charge in [0.05, 0.1) is 18.9 Å². The van der Waals surface area contributed by atoms with E-state index in [0.29, 0.717) is 32.0 Å². The number of nitro groups is 1. The van der Waals surface area contributed by atoms with E-state index >= 15 is 0 Å². The predicted octanol–water partition coefficient (Wildman–Crippen LogP) is 1.09. The molecule has 26 heavy (non-hydrogen) atoms. The van der Waals surface area contributed by atoms with Crippen molar-refractivity contribution in [3.63, 3.8) is 0 Å². The second-order valence-electron chi connectivity index (χ2n) is 5.75. The van der Waals surface area contributed by atoms with Crippen molar-refractivity contribution in [3.05, 3.63) is 39.7 Å². The van der Waals surface area contributed by atoms with E-state index in [0.717, 1.165) is 6.07 Å². The molecular formula is C16H22FN3O6. The number of morpholine rings is 1. The van der Waals surface area contributed by atoms with Gasteiger partial charge >= 0.3 is 6.09 Å². The fourth-order valence-electron chi connectivity index (χ4n) is 2.68. The minimum Gasteiger partial charge on any atom is -0.438 e. The highest BCUT2D eigenvalue weighted by Gasteiger charge is 2.30. The van der Waals surface area contributed by atoms with Crippen LogP contribution in [0.1, 0.15) is 18.6 Å². The molecular weight excluding hydrogens is 349 g/mol. The van der Waals surface area contributed by atoms with E-state index in [-0.39, 0.29) is 12.1 Å². The van der Waals surface area contributed by atoms with Crippen LogP contribution in [0.3, 0.4) is 0 Å². The zero-order chi connectivity index (χ0) is 19.1. The standard InChI is InChI=1S/C16H22FN3O6/c1-2-18-16(22)26-15(14(21)10-20(23)24)11-3-4-13(12(17)9-11)19-5-7-25-8-6-19/h3-4,9,14-15,21H,2,5-8,10H2,1H3,(H,18,22)/t14-,15-/m0/s1. The topological polar surface area (TPSA) is 114 Å². The quantitative estimate of drug-likeness (QED) is 0.545. The van der Waals surface area contributed by atoms with Crippen molar-refractivity contribution >= 4 is 11.8 Å². The number of carbonyl (C=O) groups is 1. The van der Waals surface area contributed by atoms with Gasteiger partial charge in [-0.05, 0) is 24.6 Å². The molecule has 1 aromatic rings. The van der Waals surface area contributed by atoms with E-state index in [9.17, 15) is 24.4 Å². The first-order chi connectivity index (χ1) is 12.4. The van der Waals surface area contributed by atoms with Crippen LogP contribution >= 0.6 is 0 Å². The number of hydrogen-bond acceptors (Lipinski definition) is 7. The summed E-state index contributed by atoms with van der Waals surface area (Å²) < 4.78 is 24.9. The van der Waals surface area contributed by atoms with Gasteiger partial charge in [0.2, 0.25) is 6.54 Å². The van der Waals surface area contributed by atoms with Crippen molar-refractivity contribution in [2.75, 3.05) is 44.3 Å². The van der Waals surface area contributed by atoms with Crippen LogP contribution in [0.5, 0.6) is 0 Å². The summed E-state index contributed by atoms with van der Waals surface area (Å²) in [7, 11) is 0. The van der Waals surface area contributed by atoms with Gasteiger partial charge in [-0.1, -0.05) is 6.07 Å². The number of aliphatic hydroxyl groups excluding tert-OH is 1. The molecule has 9 nitrogen and oxygen atoms in total. The molecule has 10 heteroatoms. The summed E-state index contributed by atoms with van der Waals surface area (Å²) in [6, 6.07) is 4.11. The average molecular weight is 371 g/mol. The van der Waals surface area contributed by atoms with Crippen molar-refractivity contribution in [3.8, 4) is 0 Å². The van der Waals surface area contributed by atoms with Crippen LogP contribution in [0.25, 0.3) is 0 Å². The first kappa shape index (κ1) is 19.9. The molecule has 0 saturated carbocycles. The van der Waals surface area contributed by atoms with E-state index in [4.69, 9.17) is 9.47 Å². The number of halogens is 1. The molecule has 0 aliphatic carbocycles. The van der Waals surface area contributed by atoms with Crippen molar-refractivity contribution in [1.29, 1.82) is 0 Å². The Labute approximate surface area is 149 Å². The largest absolute Gasteiger partial charge is 0.438 e. The van der Waals surface area contributed by atoms with E-state index < -0.39 is 35.6 Å². The zero-order valence-electron chi connectivity index (χ0n) is 14.4. The molecule has 0 radical (unpaired) electrons. The number of rotatable bonds is 7. The van der Waals surface area contributed by atoms with E-state index in [1.54, 1.807) is 6.92 Å². The minimum atomic E-state index is -1.61. The monoisotopic (exact) mass is 371 g/mol. The maximum Gasteiger partial charge on any atom is 0.407 e. The molecule has 2 atom stereocenters. The molecule has 144 valence electrons. The highest BCUT2D eigenvalue weighted by atomic mass is 19.1. The highest BCUT2D eigenvalue weighted by molar-refractivity contribution is 5.67. The smallest absolute Gasteiger partial charge is 0.407 e. The molecule has 0 unspecified atom stereocenters.